The summed E-state index contributed by atoms with van der Waals surface area (Å²) in [5.74, 6) is -0.279. The lowest BCUT2D eigenvalue weighted by Crippen LogP contribution is -2.20. The molecule has 0 saturated carbocycles. The molecule has 19 heavy (non-hydrogen) atoms. The first-order chi connectivity index (χ1) is 9.15. The van der Waals surface area contributed by atoms with Crippen molar-refractivity contribution in [3.63, 3.8) is 0 Å². The van der Waals surface area contributed by atoms with E-state index < -0.39 is 0 Å². The smallest absolute Gasteiger partial charge is 0.271 e. The molecule has 5 heteroatoms. The summed E-state index contributed by atoms with van der Waals surface area (Å²) >= 11 is 1.41. The molecule has 0 fully saturated rings. The van der Waals surface area contributed by atoms with Crippen LogP contribution in [-0.4, -0.2) is 9.55 Å². The van der Waals surface area contributed by atoms with E-state index in [1.54, 1.807) is 23.0 Å². The highest BCUT2D eigenvalue weighted by Crippen LogP contribution is 2.19. The largest absolute Gasteiger partial charge is 0.294 e. The van der Waals surface area contributed by atoms with Gasteiger partial charge in [0.05, 0.1) is 18.4 Å². The van der Waals surface area contributed by atoms with Crippen molar-refractivity contribution in [2.24, 2.45) is 0 Å². The Labute approximate surface area is 113 Å². The van der Waals surface area contributed by atoms with Gasteiger partial charge in [0, 0.05) is 0 Å². The van der Waals surface area contributed by atoms with Gasteiger partial charge in [0.1, 0.15) is 10.5 Å². The predicted molar refractivity (Wildman–Crippen MR) is 74.1 cm³/mol. The Morgan fingerprint density at radius 1 is 1.32 bits per heavy atom. The minimum atomic E-state index is -0.279. The summed E-state index contributed by atoms with van der Waals surface area (Å²) in [5, 5.41) is 1.93. The second kappa shape index (κ2) is 4.59. The average Bonchev–Trinajstić information content (AvgIpc) is 2.78. The maximum atomic E-state index is 12.8. The van der Waals surface area contributed by atoms with Gasteiger partial charge in [0.2, 0.25) is 0 Å². The molecule has 0 bridgehead atoms. The fourth-order valence-electron chi connectivity index (χ4n) is 1.96. The number of aromatic nitrogens is 2. The Kier molecular flexibility index (Phi) is 2.91. The number of nitrogens with zero attached hydrogens (tertiary/aromatic N) is 2. The standard InChI is InChI=1S/C14H11FN2OS/c1-9-7-19-13-12(9)16-8-17(14(13)18)6-10-2-4-11(15)5-3-10/h2-5,7-8H,6H2,1H3. The molecule has 0 spiro atoms. The van der Waals surface area contributed by atoms with Crippen LogP contribution in [0.2, 0.25) is 0 Å². The fraction of sp³-hybridized carbons (Fsp3) is 0.143. The molecule has 0 aliphatic rings. The molecular formula is C14H11FN2OS. The second-order valence-electron chi connectivity index (χ2n) is 4.40. The van der Waals surface area contributed by atoms with Gasteiger partial charge < -0.3 is 0 Å². The van der Waals surface area contributed by atoms with Crippen LogP contribution in [0.5, 0.6) is 0 Å². The third-order valence-electron chi connectivity index (χ3n) is 2.99. The van der Waals surface area contributed by atoms with Gasteiger partial charge in [-0.1, -0.05) is 12.1 Å². The van der Waals surface area contributed by atoms with Crippen molar-refractivity contribution in [3.05, 3.63) is 63.3 Å². The lowest BCUT2D eigenvalue weighted by Gasteiger charge is -2.05. The molecule has 0 N–H and O–H groups in total. The van der Waals surface area contributed by atoms with Crippen molar-refractivity contribution >= 4 is 21.6 Å². The van der Waals surface area contributed by atoms with E-state index in [1.807, 2.05) is 12.3 Å². The maximum absolute atomic E-state index is 12.8. The van der Waals surface area contributed by atoms with Crippen LogP contribution in [0.4, 0.5) is 4.39 Å². The molecule has 0 radical (unpaired) electrons. The third kappa shape index (κ3) is 2.17. The molecule has 0 amide bonds. The third-order valence-corrected chi connectivity index (χ3v) is 4.06. The number of hydrogen-bond donors (Lipinski definition) is 0. The van der Waals surface area contributed by atoms with Gasteiger partial charge >= 0.3 is 0 Å². The van der Waals surface area contributed by atoms with Crippen molar-refractivity contribution in [2.75, 3.05) is 0 Å². The predicted octanol–water partition coefficient (Wildman–Crippen LogP) is 2.95. The normalized spacial score (nSPS) is 11.1. The molecule has 2 aromatic heterocycles. The molecule has 3 nitrogen and oxygen atoms in total. The number of benzene rings is 1. The lowest BCUT2D eigenvalue weighted by atomic mass is 10.2. The molecule has 3 aromatic rings. The van der Waals surface area contributed by atoms with Crippen molar-refractivity contribution in [3.8, 4) is 0 Å². The van der Waals surface area contributed by atoms with Gasteiger partial charge in [-0.3, -0.25) is 9.36 Å². The van der Waals surface area contributed by atoms with Gasteiger partial charge in [-0.2, -0.15) is 0 Å². The lowest BCUT2D eigenvalue weighted by molar-refractivity contribution is 0.626. The number of hydrogen-bond acceptors (Lipinski definition) is 3. The van der Waals surface area contributed by atoms with Crippen LogP contribution in [0.15, 0.2) is 40.8 Å². The molecule has 0 saturated heterocycles. The Bertz CT molecular complexity index is 789. The van der Waals surface area contributed by atoms with Gasteiger partial charge in [-0.05, 0) is 35.6 Å². The zero-order chi connectivity index (χ0) is 13.4. The minimum Gasteiger partial charge on any atom is -0.294 e. The number of thiophene rings is 1. The SMILES string of the molecule is Cc1csc2c(=O)n(Cc3ccc(F)cc3)cnc12. The Hall–Kier alpha value is -2.01. The van der Waals surface area contributed by atoms with Gasteiger partial charge in [0.15, 0.2) is 0 Å². The van der Waals surface area contributed by atoms with Crippen molar-refractivity contribution in [1.29, 1.82) is 0 Å². The summed E-state index contributed by atoms with van der Waals surface area (Å²) < 4.78 is 15.1. The Balaban J connectivity index is 2.04. The first-order valence-electron chi connectivity index (χ1n) is 5.83. The van der Waals surface area contributed by atoms with Crippen LogP contribution in [-0.2, 0) is 6.54 Å². The average molecular weight is 274 g/mol. The summed E-state index contributed by atoms with van der Waals surface area (Å²) in [6, 6.07) is 6.13. The van der Waals surface area contributed by atoms with Crippen molar-refractivity contribution < 1.29 is 4.39 Å². The van der Waals surface area contributed by atoms with E-state index in [9.17, 15) is 9.18 Å². The van der Waals surface area contributed by atoms with E-state index in [1.165, 1.54) is 23.5 Å². The number of aryl methyl sites for hydroxylation is 1. The van der Waals surface area contributed by atoms with Crippen LogP contribution in [0.3, 0.4) is 0 Å². The molecule has 0 aliphatic heterocycles. The molecule has 0 atom stereocenters. The van der Waals surface area contributed by atoms with E-state index in [-0.39, 0.29) is 11.4 Å². The molecule has 2 heterocycles. The summed E-state index contributed by atoms with van der Waals surface area (Å²) in [7, 11) is 0. The van der Waals surface area contributed by atoms with Crippen molar-refractivity contribution in [1.82, 2.24) is 9.55 Å². The molecule has 96 valence electrons. The fourth-order valence-corrected chi connectivity index (χ4v) is 2.91. The quantitative estimate of drug-likeness (QED) is 0.720. The minimum absolute atomic E-state index is 0.0487. The molecular weight excluding hydrogens is 263 g/mol. The zero-order valence-corrected chi connectivity index (χ0v) is 11.1. The number of rotatable bonds is 2. The van der Waals surface area contributed by atoms with Crippen LogP contribution < -0.4 is 5.56 Å². The van der Waals surface area contributed by atoms with E-state index in [0.717, 1.165) is 16.6 Å². The van der Waals surface area contributed by atoms with Crippen LogP contribution in [0.25, 0.3) is 10.2 Å². The van der Waals surface area contributed by atoms with Crippen LogP contribution >= 0.6 is 11.3 Å². The van der Waals surface area contributed by atoms with Gasteiger partial charge in [-0.25, -0.2) is 9.37 Å². The van der Waals surface area contributed by atoms with Gasteiger partial charge in [-0.15, -0.1) is 11.3 Å². The Morgan fingerprint density at radius 2 is 2.05 bits per heavy atom. The van der Waals surface area contributed by atoms with Crippen molar-refractivity contribution in [2.45, 2.75) is 13.5 Å². The van der Waals surface area contributed by atoms with Crippen LogP contribution in [0.1, 0.15) is 11.1 Å². The first-order valence-corrected chi connectivity index (χ1v) is 6.71. The monoisotopic (exact) mass is 274 g/mol. The first kappa shape index (κ1) is 12.0. The second-order valence-corrected chi connectivity index (χ2v) is 5.28. The number of halogens is 1. The topological polar surface area (TPSA) is 34.9 Å². The highest BCUT2D eigenvalue weighted by atomic mass is 32.1. The Morgan fingerprint density at radius 3 is 2.79 bits per heavy atom. The molecule has 0 aliphatic carbocycles. The van der Waals surface area contributed by atoms with E-state index in [4.69, 9.17) is 0 Å². The van der Waals surface area contributed by atoms with E-state index in [0.29, 0.717) is 11.2 Å². The van der Waals surface area contributed by atoms with Gasteiger partial charge in [0.25, 0.3) is 5.56 Å². The highest BCUT2D eigenvalue weighted by molar-refractivity contribution is 7.17. The van der Waals surface area contributed by atoms with E-state index in [2.05, 4.69) is 4.98 Å². The van der Waals surface area contributed by atoms with Crippen LogP contribution in [0, 0.1) is 12.7 Å². The molecule has 0 unspecified atom stereocenters. The molecule has 3 rings (SSSR count). The summed E-state index contributed by atoms with van der Waals surface area (Å²) in [6.07, 6.45) is 1.55. The summed E-state index contributed by atoms with van der Waals surface area (Å²) in [5.41, 5.74) is 2.61. The molecule has 1 aromatic carbocycles. The zero-order valence-electron chi connectivity index (χ0n) is 10.3. The summed E-state index contributed by atoms with van der Waals surface area (Å²) in [6.45, 7) is 2.34. The summed E-state index contributed by atoms with van der Waals surface area (Å²) in [4.78, 5) is 16.6. The number of fused-ring (bicyclic) bond motifs is 1. The highest BCUT2D eigenvalue weighted by Gasteiger charge is 2.08. The van der Waals surface area contributed by atoms with E-state index >= 15 is 0 Å². The maximum Gasteiger partial charge on any atom is 0.271 e.